The number of aliphatic imine (C=N–C) groups is 1. The molecule has 0 unspecified atom stereocenters. The summed E-state index contributed by atoms with van der Waals surface area (Å²) in [6.45, 7) is 4.22. The molecule has 0 saturated carbocycles. The average Bonchev–Trinajstić information content (AvgIpc) is 2.77. The van der Waals surface area contributed by atoms with E-state index in [4.69, 9.17) is 20.1 Å². The first-order chi connectivity index (χ1) is 14.6. The molecule has 0 saturated heterocycles. The van der Waals surface area contributed by atoms with Crippen LogP contribution in [0.25, 0.3) is 0 Å². The number of nitrogens with zero attached hydrogens (tertiary/aromatic N) is 1. The van der Waals surface area contributed by atoms with Gasteiger partial charge in [0.1, 0.15) is 12.6 Å². The Morgan fingerprint density at radius 3 is 2.63 bits per heavy atom. The van der Waals surface area contributed by atoms with E-state index in [0.29, 0.717) is 35.3 Å². The summed E-state index contributed by atoms with van der Waals surface area (Å²) >= 11 is 0. The normalized spacial score (nSPS) is 15.7. The number of carbonyl (C=O) groups is 1. The Labute approximate surface area is 175 Å². The number of nitrogens with two attached hydrogens (primary N) is 1. The van der Waals surface area contributed by atoms with Crippen molar-refractivity contribution < 1.29 is 19.0 Å². The molecular formula is C22H26N4O4. The first-order valence-electron chi connectivity index (χ1n) is 9.61. The van der Waals surface area contributed by atoms with Crippen molar-refractivity contribution >= 4 is 11.9 Å². The number of esters is 1. The summed E-state index contributed by atoms with van der Waals surface area (Å²) in [4.78, 5) is 17.1. The summed E-state index contributed by atoms with van der Waals surface area (Å²) in [6, 6.07) is 14.7. The summed E-state index contributed by atoms with van der Waals surface area (Å²) in [7, 11) is 1.57. The average molecular weight is 410 g/mol. The SMILES string of the molecule is CCOC(=O)C1=C(C)NC(NN)=N[C@@H]1c1ccc(OCc2ccccc2)c(OC)c1. The molecule has 1 aliphatic heterocycles. The maximum absolute atomic E-state index is 12.6. The number of nitrogens with one attached hydrogen (secondary N) is 2. The number of allylic oxidation sites excluding steroid dienone is 1. The maximum atomic E-state index is 12.6. The first kappa shape index (κ1) is 21.2. The molecule has 4 N–H and O–H groups in total. The number of methoxy groups -OCH3 is 1. The van der Waals surface area contributed by atoms with Crippen molar-refractivity contribution in [1.29, 1.82) is 0 Å². The van der Waals surface area contributed by atoms with E-state index in [1.54, 1.807) is 27.0 Å². The Morgan fingerprint density at radius 2 is 1.97 bits per heavy atom. The Morgan fingerprint density at radius 1 is 1.20 bits per heavy atom. The molecule has 0 aliphatic carbocycles. The van der Waals surface area contributed by atoms with Gasteiger partial charge in [-0.2, -0.15) is 0 Å². The minimum atomic E-state index is -0.603. The number of guanidine groups is 1. The minimum Gasteiger partial charge on any atom is -0.493 e. The lowest BCUT2D eigenvalue weighted by Crippen LogP contribution is -2.44. The van der Waals surface area contributed by atoms with Gasteiger partial charge in [-0.05, 0) is 37.1 Å². The number of hydrogen-bond acceptors (Lipinski definition) is 8. The van der Waals surface area contributed by atoms with Crippen LogP contribution in [0.4, 0.5) is 0 Å². The van der Waals surface area contributed by atoms with Crippen LogP contribution in [0.15, 0.2) is 64.8 Å². The number of hydrogen-bond donors (Lipinski definition) is 3. The van der Waals surface area contributed by atoms with Crippen LogP contribution in [-0.4, -0.2) is 25.6 Å². The van der Waals surface area contributed by atoms with Gasteiger partial charge in [-0.25, -0.2) is 15.6 Å². The van der Waals surface area contributed by atoms with Crippen LogP contribution in [0.3, 0.4) is 0 Å². The lowest BCUT2D eigenvalue weighted by atomic mass is 9.96. The molecule has 8 heteroatoms. The fourth-order valence-electron chi connectivity index (χ4n) is 3.17. The molecule has 30 heavy (non-hydrogen) atoms. The number of benzene rings is 2. The topological polar surface area (TPSA) is 107 Å². The van der Waals surface area contributed by atoms with Gasteiger partial charge in [0.05, 0.1) is 19.3 Å². The largest absolute Gasteiger partial charge is 0.493 e. The smallest absolute Gasteiger partial charge is 0.338 e. The second-order valence-corrected chi connectivity index (χ2v) is 6.59. The zero-order valence-electron chi connectivity index (χ0n) is 17.3. The van der Waals surface area contributed by atoms with Crippen LogP contribution in [0, 0.1) is 0 Å². The third-order valence-electron chi connectivity index (χ3n) is 4.61. The lowest BCUT2D eigenvalue weighted by Gasteiger charge is -2.26. The predicted octanol–water partition coefficient (Wildman–Crippen LogP) is 2.57. The van der Waals surface area contributed by atoms with Crippen LogP contribution in [0.2, 0.25) is 0 Å². The van der Waals surface area contributed by atoms with Crippen molar-refractivity contribution in [2.75, 3.05) is 13.7 Å². The predicted molar refractivity (Wildman–Crippen MR) is 114 cm³/mol. The summed E-state index contributed by atoms with van der Waals surface area (Å²) in [5, 5.41) is 2.97. The minimum absolute atomic E-state index is 0.267. The van der Waals surface area contributed by atoms with E-state index >= 15 is 0 Å². The van der Waals surface area contributed by atoms with Crippen LogP contribution >= 0.6 is 0 Å². The Kier molecular flexibility index (Phi) is 6.92. The molecule has 1 aliphatic rings. The molecule has 0 amide bonds. The van der Waals surface area contributed by atoms with E-state index in [1.807, 2.05) is 42.5 Å². The van der Waals surface area contributed by atoms with Crippen LogP contribution in [0.5, 0.6) is 11.5 Å². The molecule has 0 bridgehead atoms. The van der Waals surface area contributed by atoms with Crippen LogP contribution in [0.1, 0.15) is 31.0 Å². The second-order valence-electron chi connectivity index (χ2n) is 6.59. The Bertz CT molecular complexity index is 957. The van der Waals surface area contributed by atoms with Gasteiger partial charge in [-0.3, -0.25) is 5.43 Å². The zero-order valence-corrected chi connectivity index (χ0v) is 17.3. The van der Waals surface area contributed by atoms with Crippen molar-refractivity contribution in [1.82, 2.24) is 10.7 Å². The molecule has 1 atom stereocenters. The molecule has 0 fully saturated rings. The fraction of sp³-hybridized carbons (Fsp3) is 0.273. The van der Waals surface area contributed by atoms with Gasteiger partial charge in [0.2, 0.25) is 5.96 Å². The third kappa shape index (κ3) is 4.72. The maximum Gasteiger partial charge on any atom is 0.338 e. The zero-order chi connectivity index (χ0) is 21.5. The Balaban J connectivity index is 1.91. The van der Waals surface area contributed by atoms with Gasteiger partial charge in [0.25, 0.3) is 0 Å². The van der Waals surface area contributed by atoms with Crippen molar-refractivity contribution in [2.24, 2.45) is 10.8 Å². The van der Waals surface area contributed by atoms with Gasteiger partial charge in [0.15, 0.2) is 11.5 Å². The summed E-state index contributed by atoms with van der Waals surface area (Å²) in [6.07, 6.45) is 0. The highest BCUT2D eigenvalue weighted by molar-refractivity contribution is 5.95. The van der Waals surface area contributed by atoms with Gasteiger partial charge < -0.3 is 19.5 Å². The van der Waals surface area contributed by atoms with Crippen LogP contribution in [-0.2, 0) is 16.1 Å². The van der Waals surface area contributed by atoms with Gasteiger partial charge in [-0.1, -0.05) is 36.4 Å². The molecular weight excluding hydrogens is 384 g/mol. The fourth-order valence-corrected chi connectivity index (χ4v) is 3.17. The number of ether oxygens (including phenoxy) is 3. The molecule has 0 spiro atoms. The quantitative estimate of drug-likeness (QED) is 0.366. The van der Waals surface area contributed by atoms with E-state index in [2.05, 4.69) is 15.7 Å². The summed E-state index contributed by atoms with van der Waals surface area (Å²) in [5.41, 5.74) is 5.32. The van der Waals surface area contributed by atoms with E-state index in [0.717, 1.165) is 11.1 Å². The van der Waals surface area contributed by atoms with Gasteiger partial charge in [0, 0.05) is 5.70 Å². The van der Waals surface area contributed by atoms with E-state index in [-0.39, 0.29) is 6.61 Å². The summed E-state index contributed by atoms with van der Waals surface area (Å²) < 4.78 is 16.7. The molecule has 0 radical (unpaired) electrons. The highest BCUT2D eigenvalue weighted by Gasteiger charge is 2.30. The van der Waals surface area contributed by atoms with E-state index in [1.165, 1.54) is 0 Å². The van der Waals surface area contributed by atoms with E-state index in [9.17, 15) is 4.79 Å². The third-order valence-corrected chi connectivity index (χ3v) is 4.61. The number of carbonyl (C=O) groups excluding carboxylic acids is 1. The van der Waals surface area contributed by atoms with Crippen molar-refractivity contribution in [3.05, 3.63) is 70.9 Å². The van der Waals surface area contributed by atoms with Crippen LogP contribution < -0.4 is 26.1 Å². The standard InChI is InChI=1S/C22H26N4O4/c1-4-29-21(27)19-14(2)24-22(26-23)25-20(19)16-10-11-17(18(12-16)28-3)30-13-15-8-6-5-7-9-15/h5-12,20H,4,13,23H2,1-3H3,(H2,24,25,26)/t20-/m1/s1. The first-order valence-corrected chi connectivity index (χ1v) is 9.61. The number of rotatable bonds is 7. The molecule has 3 rings (SSSR count). The van der Waals surface area contributed by atoms with Gasteiger partial charge >= 0.3 is 5.97 Å². The molecule has 2 aromatic carbocycles. The highest BCUT2D eigenvalue weighted by Crippen LogP contribution is 2.36. The molecule has 1 heterocycles. The molecule has 158 valence electrons. The van der Waals surface area contributed by atoms with Crippen molar-refractivity contribution in [3.8, 4) is 11.5 Å². The van der Waals surface area contributed by atoms with Crippen molar-refractivity contribution in [2.45, 2.75) is 26.5 Å². The second kappa shape index (κ2) is 9.80. The Hall–Kier alpha value is -3.52. The number of hydrazine groups is 1. The molecule has 0 aromatic heterocycles. The van der Waals surface area contributed by atoms with Gasteiger partial charge in [-0.15, -0.1) is 0 Å². The lowest BCUT2D eigenvalue weighted by molar-refractivity contribution is -0.138. The highest BCUT2D eigenvalue weighted by atomic mass is 16.5. The monoisotopic (exact) mass is 410 g/mol. The molecule has 2 aromatic rings. The van der Waals surface area contributed by atoms with Crippen molar-refractivity contribution in [3.63, 3.8) is 0 Å². The molecule has 8 nitrogen and oxygen atoms in total. The summed E-state index contributed by atoms with van der Waals surface area (Å²) in [5.74, 6) is 6.59. The van der Waals surface area contributed by atoms with E-state index < -0.39 is 12.0 Å².